The molecule has 2 aromatic carbocycles. The van der Waals surface area contributed by atoms with Gasteiger partial charge in [-0.1, -0.05) is 12.1 Å². The summed E-state index contributed by atoms with van der Waals surface area (Å²) in [6, 6.07) is 12.4. The van der Waals surface area contributed by atoms with Crippen LogP contribution in [0.25, 0.3) is 10.9 Å². The summed E-state index contributed by atoms with van der Waals surface area (Å²) >= 11 is 0. The quantitative estimate of drug-likeness (QED) is 0.546. The Hall–Kier alpha value is -3.29. The maximum atomic E-state index is 13.1. The minimum atomic E-state index is -4.34. The first-order valence-corrected chi connectivity index (χ1v) is 10.3. The molecule has 0 radical (unpaired) electrons. The number of hydrogen-bond acceptors (Lipinski definition) is 4. The molecule has 0 unspecified atom stereocenters. The summed E-state index contributed by atoms with van der Waals surface area (Å²) in [5, 5.41) is 6.39. The third kappa shape index (κ3) is 4.49. The van der Waals surface area contributed by atoms with E-state index in [0.29, 0.717) is 35.4 Å². The van der Waals surface area contributed by atoms with Crippen molar-refractivity contribution in [2.24, 2.45) is 0 Å². The van der Waals surface area contributed by atoms with Crippen LogP contribution in [0.15, 0.2) is 42.5 Å². The number of halogens is 3. The van der Waals surface area contributed by atoms with E-state index in [1.165, 1.54) is 7.11 Å². The maximum absolute atomic E-state index is 13.1. The fourth-order valence-corrected chi connectivity index (χ4v) is 3.88. The molecule has 0 atom stereocenters. The molecule has 0 spiro atoms. The second kappa shape index (κ2) is 8.00. The number of ether oxygens (including phenoxy) is 1. The number of aryl methyl sites for hydroxylation is 2. The summed E-state index contributed by atoms with van der Waals surface area (Å²) in [6.45, 7) is 2.53. The zero-order valence-electron chi connectivity index (χ0n) is 18.1. The smallest absolute Gasteiger partial charge is 0.405 e. The Labute approximate surface area is 184 Å². The fourth-order valence-electron chi connectivity index (χ4n) is 3.88. The molecule has 4 rings (SSSR count). The Morgan fingerprint density at radius 1 is 1.12 bits per heavy atom. The van der Waals surface area contributed by atoms with Crippen LogP contribution >= 0.6 is 0 Å². The van der Waals surface area contributed by atoms with Crippen LogP contribution in [0.1, 0.15) is 40.0 Å². The van der Waals surface area contributed by atoms with Crippen LogP contribution in [-0.4, -0.2) is 30.7 Å². The highest BCUT2D eigenvalue weighted by Gasteiger charge is 2.47. The van der Waals surface area contributed by atoms with Gasteiger partial charge in [-0.15, -0.1) is 0 Å². The normalized spacial score (nSPS) is 14.8. The van der Waals surface area contributed by atoms with Gasteiger partial charge in [-0.2, -0.15) is 13.2 Å². The van der Waals surface area contributed by atoms with Gasteiger partial charge in [0.05, 0.1) is 18.2 Å². The van der Waals surface area contributed by atoms with Crippen molar-refractivity contribution in [2.45, 2.75) is 38.4 Å². The number of aromatic nitrogens is 1. The summed E-state index contributed by atoms with van der Waals surface area (Å²) in [5.74, 6) is 0.329. The largest absolute Gasteiger partial charge is 0.497 e. The lowest BCUT2D eigenvalue weighted by atomic mass is 9.97. The van der Waals surface area contributed by atoms with Crippen molar-refractivity contribution in [2.75, 3.05) is 19.0 Å². The van der Waals surface area contributed by atoms with E-state index >= 15 is 0 Å². The fraction of sp³-hybridized carbons (Fsp3) is 0.333. The number of hydrogen-bond donors (Lipinski definition) is 2. The van der Waals surface area contributed by atoms with Crippen molar-refractivity contribution < 1.29 is 22.7 Å². The lowest BCUT2D eigenvalue weighted by Crippen LogP contribution is -2.35. The molecule has 0 bridgehead atoms. The zero-order valence-corrected chi connectivity index (χ0v) is 18.1. The average Bonchev–Trinajstić information content (AvgIpc) is 3.51. The highest BCUT2D eigenvalue weighted by molar-refractivity contribution is 5.97. The van der Waals surface area contributed by atoms with E-state index in [1.54, 1.807) is 24.3 Å². The first kappa shape index (κ1) is 21.9. The number of methoxy groups -OCH3 is 1. The van der Waals surface area contributed by atoms with E-state index in [4.69, 9.17) is 4.74 Å². The van der Waals surface area contributed by atoms with E-state index in [0.717, 1.165) is 22.2 Å². The van der Waals surface area contributed by atoms with Crippen LogP contribution in [0.5, 0.6) is 5.75 Å². The molecule has 8 heteroatoms. The van der Waals surface area contributed by atoms with Gasteiger partial charge in [0, 0.05) is 22.3 Å². The Balaban J connectivity index is 1.72. The molecular formula is C24H24F3N3O2. The number of carbonyl (C=O) groups excluding carboxylic acids is 1. The van der Waals surface area contributed by atoms with E-state index in [-0.39, 0.29) is 5.91 Å². The lowest BCUT2D eigenvalue weighted by molar-refractivity contribution is -0.115. The van der Waals surface area contributed by atoms with Crippen LogP contribution in [-0.2, 0) is 5.54 Å². The predicted octanol–water partition coefficient (Wildman–Crippen LogP) is 5.25. The van der Waals surface area contributed by atoms with Crippen molar-refractivity contribution in [3.05, 3.63) is 64.8 Å². The van der Waals surface area contributed by atoms with Gasteiger partial charge < -0.3 is 15.4 Å². The van der Waals surface area contributed by atoms with E-state index in [2.05, 4.69) is 15.6 Å². The molecule has 1 aliphatic carbocycles. The number of nitrogens with zero attached hydrogens (tertiary/aromatic N) is 1. The molecule has 5 nitrogen and oxygen atoms in total. The first-order valence-electron chi connectivity index (χ1n) is 10.3. The number of nitrogens with one attached hydrogen (secondary N) is 2. The Morgan fingerprint density at radius 2 is 1.88 bits per heavy atom. The molecule has 2 N–H and O–H groups in total. The second-order valence-electron chi connectivity index (χ2n) is 8.23. The van der Waals surface area contributed by atoms with E-state index in [1.807, 2.05) is 32.0 Å². The van der Waals surface area contributed by atoms with Crippen LogP contribution in [0.2, 0.25) is 0 Å². The lowest BCUT2D eigenvalue weighted by Gasteiger charge is -2.22. The summed E-state index contributed by atoms with van der Waals surface area (Å²) < 4.78 is 43.6. The van der Waals surface area contributed by atoms with E-state index in [9.17, 15) is 18.0 Å². The molecule has 0 aliphatic heterocycles. The van der Waals surface area contributed by atoms with Gasteiger partial charge in [0.25, 0.3) is 5.91 Å². The second-order valence-corrected chi connectivity index (χ2v) is 8.23. The zero-order chi connectivity index (χ0) is 23.1. The summed E-state index contributed by atoms with van der Waals surface area (Å²) in [6.07, 6.45) is -2.97. The number of benzene rings is 2. The number of anilines is 1. The van der Waals surface area contributed by atoms with Gasteiger partial charge in [-0.3, -0.25) is 9.78 Å². The minimum absolute atomic E-state index is 0.249. The van der Waals surface area contributed by atoms with Crippen LogP contribution in [0.3, 0.4) is 0 Å². The van der Waals surface area contributed by atoms with Gasteiger partial charge in [0.15, 0.2) is 0 Å². The topological polar surface area (TPSA) is 63.2 Å². The minimum Gasteiger partial charge on any atom is -0.497 e. The van der Waals surface area contributed by atoms with Gasteiger partial charge in [0.2, 0.25) is 0 Å². The molecule has 1 fully saturated rings. The molecule has 168 valence electrons. The molecule has 3 aromatic rings. The number of fused-ring (bicyclic) bond motifs is 1. The number of rotatable bonds is 6. The van der Waals surface area contributed by atoms with Gasteiger partial charge >= 0.3 is 6.18 Å². The van der Waals surface area contributed by atoms with Crippen LogP contribution in [0, 0.1) is 13.8 Å². The summed E-state index contributed by atoms with van der Waals surface area (Å²) in [4.78, 5) is 17.7. The Bertz CT molecular complexity index is 1190. The number of pyridine rings is 1. The van der Waals surface area contributed by atoms with Crippen molar-refractivity contribution >= 4 is 22.5 Å². The van der Waals surface area contributed by atoms with Crippen LogP contribution in [0.4, 0.5) is 18.9 Å². The van der Waals surface area contributed by atoms with Crippen molar-refractivity contribution in [3.8, 4) is 5.75 Å². The molecule has 1 heterocycles. The van der Waals surface area contributed by atoms with Crippen molar-refractivity contribution in [3.63, 3.8) is 0 Å². The highest BCUT2D eigenvalue weighted by Crippen LogP contribution is 2.49. The van der Waals surface area contributed by atoms with Crippen LogP contribution < -0.4 is 15.4 Å². The highest BCUT2D eigenvalue weighted by atomic mass is 19.4. The SMILES string of the molecule is COc1ccc(C)c(C(=O)NC2(c3cc(NCC(F)(F)F)cc4nc(C)ccc34)CC2)c1. The molecule has 1 aromatic heterocycles. The molecule has 1 saturated carbocycles. The van der Waals surface area contributed by atoms with Gasteiger partial charge in [0.1, 0.15) is 12.3 Å². The van der Waals surface area contributed by atoms with Crippen molar-refractivity contribution in [1.29, 1.82) is 0 Å². The molecule has 1 amide bonds. The van der Waals surface area contributed by atoms with Crippen molar-refractivity contribution in [1.82, 2.24) is 10.3 Å². The molecule has 0 saturated heterocycles. The Kier molecular flexibility index (Phi) is 5.48. The monoisotopic (exact) mass is 443 g/mol. The molecule has 32 heavy (non-hydrogen) atoms. The van der Waals surface area contributed by atoms with E-state index < -0.39 is 18.3 Å². The number of amides is 1. The number of alkyl halides is 3. The summed E-state index contributed by atoms with van der Waals surface area (Å²) in [5.41, 5.74) is 3.09. The first-order chi connectivity index (χ1) is 15.1. The number of carbonyl (C=O) groups is 1. The average molecular weight is 443 g/mol. The predicted molar refractivity (Wildman–Crippen MR) is 117 cm³/mol. The third-order valence-electron chi connectivity index (χ3n) is 5.75. The third-order valence-corrected chi connectivity index (χ3v) is 5.75. The maximum Gasteiger partial charge on any atom is 0.405 e. The standard InChI is InChI=1S/C24H24F3N3O2/c1-14-4-6-17(32-3)12-19(14)22(31)30-23(8-9-23)20-10-16(28-13-24(25,26)27)11-21-18(20)7-5-15(2)29-21/h4-7,10-12,28H,8-9,13H2,1-3H3,(H,30,31). The van der Waals surface area contributed by atoms with Gasteiger partial charge in [-0.05, 0) is 68.1 Å². The van der Waals surface area contributed by atoms with Gasteiger partial charge in [-0.25, -0.2) is 0 Å². The molecule has 1 aliphatic rings. The Morgan fingerprint density at radius 3 is 2.53 bits per heavy atom. The summed E-state index contributed by atoms with van der Waals surface area (Å²) in [7, 11) is 1.54. The molecular weight excluding hydrogens is 419 g/mol.